The molecule has 0 unspecified atom stereocenters. The number of hydrogen-bond acceptors (Lipinski definition) is 5. The van der Waals surface area contributed by atoms with Crippen LogP contribution in [0.3, 0.4) is 0 Å². The number of benzene rings is 1. The van der Waals surface area contributed by atoms with Crippen molar-refractivity contribution in [3.05, 3.63) is 41.0 Å². The molecule has 1 N–H and O–H groups in total. The minimum Gasteiger partial charge on any atom is -0.485 e. The Bertz CT molecular complexity index is 693. The molecule has 1 saturated carbocycles. The molecule has 0 spiro atoms. The van der Waals surface area contributed by atoms with Crippen molar-refractivity contribution in [3.63, 3.8) is 0 Å². The monoisotopic (exact) mass is 335 g/mol. The van der Waals surface area contributed by atoms with Gasteiger partial charge < -0.3 is 14.6 Å². The summed E-state index contributed by atoms with van der Waals surface area (Å²) in [6.07, 6.45) is 2.26. The predicted octanol–water partition coefficient (Wildman–Crippen LogP) is 2.86. The second-order valence-corrected chi connectivity index (χ2v) is 6.93. The molecule has 0 atom stereocenters. The average molecular weight is 336 g/mol. The zero-order valence-electron chi connectivity index (χ0n) is 13.0. The number of ether oxygens (including phenoxy) is 1. The van der Waals surface area contributed by atoms with Gasteiger partial charge >= 0.3 is 0 Å². The molecule has 3 rings (SSSR count). The highest BCUT2D eigenvalue weighted by molar-refractivity contribution is 6.30. The summed E-state index contributed by atoms with van der Waals surface area (Å²) in [6, 6.07) is 7.09. The van der Waals surface area contributed by atoms with E-state index in [-0.39, 0.29) is 17.6 Å². The molecule has 0 radical (unpaired) electrons. The second-order valence-electron chi connectivity index (χ2n) is 6.50. The Balaban J connectivity index is 1.60. The first kappa shape index (κ1) is 15.8. The van der Waals surface area contributed by atoms with Crippen molar-refractivity contribution in [1.29, 1.82) is 0 Å². The van der Waals surface area contributed by atoms with E-state index in [1.54, 1.807) is 24.3 Å². The van der Waals surface area contributed by atoms with Gasteiger partial charge in [-0.15, -0.1) is 0 Å². The minimum absolute atomic E-state index is 0.203. The summed E-state index contributed by atoms with van der Waals surface area (Å²) in [4.78, 5) is 15.0. The summed E-state index contributed by atoms with van der Waals surface area (Å²) in [6.45, 7) is 4.29. The van der Waals surface area contributed by atoms with Crippen molar-refractivity contribution in [2.75, 3.05) is 0 Å². The lowest BCUT2D eigenvalue weighted by Gasteiger charge is -2.50. The molecule has 2 aromatic rings. The number of amides is 1. The Hall–Kier alpha value is -2.08. The van der Waals surface area contributed by atoms with E-state index in [1.165, 1.54) is 0 Å². The molecule has 0 saturated heterocycles. The van der Waals surface area contributed by atoms with Gasteiger partial charge in [-0.1, -0.05) is 23.7 Å². The summed E-state index contributed by atoms with van der Waals surface area (Å²) in [5.41, 5.74) is -0.415. The lowest BCUT2D eigenvalue weighted by Crippen LogP contribution is -2.59. The highest BCUT2D eigenvalue weighted by Crippen LogP contribution is 2.49. The quantitative estimate of drug-likeness (QED) is 0.821. The lowest BCUT2D eigenvalue weighted by molar-refractivity contribution is -0.113. The van der Waals surface area contributed by atoms with E-state index in [9.17, 15) is 4.79 Å². The van der Waals surface area contributed by atoms with Gasteiger partial charge in [0.25, 0.3) is 0 Å². The van der Waals surface area contributed by atoms with E-state index in [4.69, 9.17) is 20.9 Å². The van der Waals surface area contributed by atoms with Crippen LogP contribution in [0, 0.1) is 0 Å². The SMILES string of the molecule is CC1(NC=O)CC(C)(c2nc(COc3ccc(Cl)cc3)no2)C1. The molecule has 1 aromatic carbocycles. The summed E-state index contributed by atoms with van der Waals surface area (Å²) in [7, 11) is 0. The van der Waals surface area contributed by atoms with Crippen LogP contribution in [0.4, 0.5) is 0 Å². The number of rotatable bonds is 6. The van der Waals surface area contributed by atoms with Gasteiger partial charge in [0.15, 0.2) is 6.61 Å². The van der Waals surface area contributed by atoms with Crippen LogP contribution in [-0.4, -0.2) is 22.1 Å². The maximum atomic E-state index is 10.6. The van der Waals surface area contributed by atoms with Crippen LogP contribution in [-0.2, 0) is 16.8 Å². The molecule has 0 bridgehead atoms. The molecular weight excluding hydrogens is 318 g/mol. The molecule has 1 aliphatic carbocycles. The van der Waals surface area contributed by atoms with Gasteiger partial charge in [0.05, 0.1) is 5.41 Å². The first-order chi connectivity index (χ1) is 10.9. The molecule has 0 aliphatic heterocycles. The van der Waals surface area contributed by atoms with Gasteiger partial charge in [-0.2, -0.15) is 4.98 Å². The Morgan fingerprint density at radius 1 is 1.35 bits per heavy atom. The first-order valence-corrected chi connectivity index (χ1v) is 7.73. The van der Waals surface area contributed by atoms with E-state index in [2.05, 4.69) is 22.4 Å². The highest BCUT2D eigenvalue weighted by atomic mass is 35.5. The smallest absolute Gasteiger partial charge is 0.232 e. The topological polar surface area (TPSA) is 77.2 Å². The largest absolute Gasteiger partial charge is 0.485 e. The predicted molar refractivity (Wildman–Crippen MR) is 84.3 cm³/mol. The van der Waals surface area contributed by atoms with Gasteiger partial charge in [-0.3, -0.25) is 4.79 Å². The van der Waals surface area contributed by atoms with Gasteiger partial charge in [-0.05, 0) is 44.0 Å². The molecular formula is C16H18ClN3O3. The fourth-order valence-electron chi connectivity index (χ4n) is 3.30. The third-order valence-corrected chi connectivity index (χ3v) is 4.39. The van der Waals surface area contributed by atoms with Gasteiger partial charge in [0.2, 0.25) is 18.1 Å². The van der Waals surface area contributed by atoms with Gasteiger partial charge in [0, 0.05) is 10.6 Å². The van der Waals surface area contributed by atoms with Crippen molar-refractivity contribution in [2.24, 2.45) is 0 Å². The zero-order chi connectivity index (χ0) is 16.5. The summed E-state index contributed by atoms with van der Waals surface area (Å²) < 4.78 is 11.0. The van der Waals surface area contributed by atoms with Crippen LogP contribution < -0.4 is 10.1 Å². The van der Waals surface area contributed by atoms with Crippen LogP contribution in [0.15, 0.2) is 28.8 Å². The van der Waals surface area contributed by atoms with Gasteiger partial charge in [0.1, 0.15) is 5.75 Å². The Kier molecular flexibility index (Phi) is 4.02. The number of nitrogens with zero attached hydrogens (tertiary/aromatic N) is 2. The first-order valence-electron chi connectivity index (χ1n) is 7.35. The van der Waals surface area contributed by atoms with Crippen molar-refractivity contribution >= 4 is 18.0 Å². The molecule has 1 fully saturated rings. The molecule has 122 valence electrons. The Labute approximate surface area is 139 Å². The molecule has 7 heteroatoms. The van der Waals surface area contributed by atoms with Crippen LogP contribution in [0.1, 0.15) is 38.4 Å². The van der Waals surface area contributed by atoms with Crippen LogP contribution in [0.5, 0.6) is 5.75 Å². The number of nitrogens with one attached hydrogen (secondary N) is 1. The number of halogens is 1. The van der Waals surface area contributed by atoms with Crippen LogP contribution in [0.2, 0.25) is 5.02 Å². The zero-order valence-corrected chi connectivity index (χ0v) is 13.8. The van der Waals surface area contributed by atoms with Crippen molar-refractivity contribution in [2.45, 2.75) is 44.2 Å². The van der Waals surface area contributed by atoms with E-state index >= 15 is 0 Å². The average Bonchev–Trinajstić information content (AvgIpc) is 2.95. The minimum atomic E-state index is -0.212. The maximum absolute atomic E-state index is 10.6. The molecule has 1 aliphatic rings. The van der Waals surface area contributed by atoms with Crippen LogP contribution >= 0.6 is 11.6 Å². The van der Waals surface area contributed by atoms with E-state index in [0.717, 1.165) is 19.3 Å². The number of carbonyl (C=O) groups excluding carboxylic acids is 1. The number of carbonyl (C=O) groups is 1. The molecule has 23 heavy (non-hydrogen) atoms. The van der Waals surface area contributed by atoms with E-state index < -0.39 is 0 Å². The van der Waals surface area contributed by atoms with Crippen molar-refractivity contribution < 1.29 is 14.1 Å². The molecule has 1 amide bonds. The number of hydrogen-bond donors (Lipinski definition) is 1. The summed E-state index contributed by atoms with van der Waals surface area (Å²) >= 11 is 5.83. The van der Waals surface area contributed by atoms with Crippen molar-refractivity contribution in [1.82, 2.24) is 15.5 Å². The Morgan fingerprint density at radius 2 is 2.04 bits per heavy atom. The second kappa shape index (κ2) is 5.85. The molecule has 1 aromatic heterocycles. The maximum Gasteiger partial charge on any atom is 0.232 e. The third kappa shape index (κ3) is 3.32. The third-order valence-electron chi connectivity index (χ3n) is 4.13. The van der Waals surface area contributed by atoms with Gasteiger partial charge in [-0.25, -0.2) is 0 Å². The van der Waals surface area contributed by atoms with Crippen molar-refractivity contribution in [3.8, 4) is 5.75 Å². The fraction of sp³-hybridized carbons (Fsp3) is 0.438. The standard InChI is InChI=1S/C16H18ClN3O3/c1-15(8-16(2,9-15)18-10-21)14-19-13(20-23-14)7-22-12-5-3-11(17)4-6-12/h3-6,10H,7-9H2,1-2H3,(H,18,21). The van der Waals surface area contributed by atoms with E-state index in [0.29, 0.717) is 22.5 Å². The molecule has 1 heterocycles. The summed E-state index contributed by atoms with van der Waals surface area (Å²) in [5.74, 6) is 1.77. The highest BCUT2D eigenvalue weighted by Gasteiger charge is 2.53. The normalized spacial score (nSPS) is 26.4. The lowest BCUT2D eigenvalue weighted by atomic mass is 9.59. The number of aromatic nitrogens is 2. The van der Waals surface area contributed by atoms with E-state index in [1.807, 2.05) is 6.92 Å². The van der Waals surface area contributed by atoms with Crippen LogP contribution in [0.25, 0.3) is 0 Å². The Morgan fingerprint density at radius 3 is 2.70 bits per heavy atom. The molecule has 6 nitrogen and oxygen atoms in total. The summed E-state index contributed by atoms with van der Waals surface area (Å²) in [5, 5.41) is 7.46. The fourth-order valence-corrected chi connectivity index (χ4v) is 3.43.